The van der Waals surface area contributed by atoms with Crippen molar-refractivity contribution in [2.45, 2.75) is 31.2 Å². The number of sulfonamides is 1. The van der Waals surface area contributed by atoms with Crippen LogP contribution in [0.5, 0.6) is 11.5 Å². The van der Waals surface area contributed by atoms with Gasteiger partial charge in [-0.15, -0.1) is 0 Å². The Morgan fingerprint density at radius 2 is 1.82 bits per heavy atom. The molecule has 2 N–H and O–H groups in total. The molecule has 0 aliphatic carbocycles. The van der Waals surface area contributed by atoms with Gasteiger partial charge in [0.1, 0.15) is 17.5 Å². The van der Waals surface area contributed by atoms with E-state index in [1.807, 2.05) is 13.8 Å². The number of nitrogens with one attached hydrogen (secondary N) is 2. The minimum atomic E-state index is -4.13. The van der Waals surface area contributed by atoms with Crippen molar-refractivity contribution in [3.63, 3.8) is 0 Å². The Morgan fingerprint density at radius 1 is 1.15 bits per heavy atom. The molecule has 0 unspecified atom stereocenters. The fraction of sp³-hybridized carbons (Fsp3) is 0.364. The van der Waals surface area contributed by atoms with Crippen LogP contribution in [0.1, 0.15) is 20.3 Å². The lowest BCUT2D eigenvalue weighted by atomic mass is 10.0. The molecule has 1 atom stereocenters. The lowest BCUT2D eigenvalue weighted by Crippen LogP contribution is -2.44. The maximum atomic E-state index is 13.1. The summed E-state index contributed by atoms with van der Waals surface area (Å²) in [6, 6.07) is 5.93. The standard InChI is InChI=1S/C22H26ClN3O7S/c1-12(2)8-16(21(27)24-15-10-14(23)18(31-4)11-19(15)32-5)25-34(29,30)13-6-7-17-20(9-13)33-22(28)26(17)3/h6-7,9-12,16,25H,8H2,1-5H3,(H,24,27)/t16-/m1/s1. The number of amides is 1. The molecule has 1 aromatic heterocycles. The topological polar surface area (TPSA) is 129 Å². The van der Waals surface area contributed by atoms with E-state index in [1.165, 1.54) is 56.2 Å². The Bertz CT molecular complexity index is 1380. The van der Waals surface area contributed by atoms with Crippen molar-refractivity contribution in [3.05, 3.63) is 45.9 Å². The summed E-state index contributed by atoms with van der Waals surface area (Å²) in [6.07, 6.45) is 0.222. The van der Waals surface area contributed by atoms with Crippen LogP contribution in [0.2, 0.25) is 5.02 Å². The molecule has 0 saturated carbocycles. The van der Waals surface area contributed by atoms with Crippen molar-refractivity contribution >= 4 is 44.3 Å². The molecule has 1 amide bonds. The molecule has 3 aromatic rings. The highest BCUT2D eigenvalue weighted by Crippen LogP contribution is 2.36. The summed E-state index contributed by atoms with van der Waals surface area (Å²) >= 11 is 6.18. The van der Waals surface area contributed by atoms with E-state index in [0.717, 1.165) is 0 Å². The van der Waals surface area contributed by atoms with Gasteiger partial charge in [0, 0.05) is 19.2 Å². The number of hydrogen-bond acceptors (Lipinski definition) is 7. The van der Waals surface area contributed by atoms with Crippen LogP contribution in [-0.2, 0) is 21.9 Å². The molecular formula is C22H26ClN3O7S. The Balaban J connectivity index is 1.90. The van der Waals surface area contributed by atoms with Crippen molar-refractivity contribution in [2.75, 3.05) is 19.5 Å². The largest absolute Gasteiger partial charge is 0.495 e. The maximum Gasteiger partial charge on any atom is 0.419 e. The van der Waals surface area contributed by atoms with Gasteiger partial charge in [-0.3, -0.25) is 9.36 Å². The first-order valence-corrected chi connectivity index (χ1v) is 12.2. The third-order valence-corrected chi connectivity index (χ3v) is 6.89. The number of oxazole rings is 1. The van der Waals surface area contributed by atoms with Crippen molar-refractivity contribution in [1.82, 2.24) is 9.29 Å². The molecule has 0 spiro atoms. The smallest absolute Gasteiger partial charge is 0.419 e. The number of nitrogens with zero attached hydrogens (tertiary/aromatic N) is 1. The number of rotatable bonds is 9. The number of methoxy groups -OCH3 is 2. The van der Waals surface area contributed by atoms with Crippen molar-refractivity contribution in [3.8, 4) is 11.5 Å². The summed E-state index contributed by atoms with van der Waals surface area (Å²) in [5, 5.41) is 2.93. The molecule has 2 aromatic carbocycles. The van der Waals surface area contributed by atoms with E-state index >= 15 is 0 Å². The number of halogens is 1. The number of carbonyl (C=O) groups excluding carboxylic acids is 1. The van der Waals surface area contributed by atoms with Gasteiger partial charge in [-0.1, -0.05) is 25.4 Å². The van der Waals surface area contributed by atoms with E-state index in [1.54, 1.807) is 0 Å². The van der Waals surface area contributed by atoms with Gasteiger partial charge >= 0.3 is 5.76 Å². The van der Waals surface area contributed by atoms with Crippen LogP contribution in [-0.4, -0.2) is 39.2 Å². The van der Waals surface area contributed by atoms with Crippen LogP contribution >= 0.6 is 11.6 Å². The Kier molecular flexibility index (Phi) is 7.59. The average molecular weight is 512 g/mol. The number of aryl methyl sites for hydroxylation is 1. The van der Waals surface area contributed by atoms with Gasteiger partial charge in [0.05, 0.1) is 35.3 Å². The van der Waals surface area contributed by atoms with Crippen molar-refractivity contribution in [1.29, 1.82) is 0 Å². The highest BCUT2D eigenvalue weighted by molar-refractivity contribution is 7.89. The van der Waals surface area contributed by atoms with Gasteiger partial charge in [0.15, 0.2) is 5.58 Å². The van der Waals surface area contributed by atoms with Crippen molar-refractivity contribution < 1.29 is 27.1 Å². The predicted octanol–water partition coefficient (Wildman–Crippen LogP) is 3.13. The molecule has 0 saturated heterocycles. The lowest BCUT2D eigenvalue weighted by Gasteiger charge is -2.21. The van der Waals surface area contributed by atoms with Crippen LogP contribution in [0.3, 0.4) is 0 Å². The van der Waals surface area contributed by atoms with E-state index in [-0.39, 0.29) is 33.5 Å². The van der Waals surface area contributed by atoms with Crippen LogP contribution in [0.25, 0.3) is 11.1 Å². The summed E-state index contributed by atoms with van der Waals surface area (Å²) in [4.78, 5) is 24.7. The second-order valence-electron chi connectivity index (χ2n) is 8.04. The third-order valence-electron chi connectivity index (χ3n) is 5.13. The summed E-state index contributed by atoms with van der Waals surface area (Å²) in [7, 11) is 0.256. The molecule has 0 fully saturated rings. The summed E-state index contributed by atoms with van der Waals surface area (Å²) in [6.45, 7) is 3.73. The molecule has 0 aliphatic rings. The Labute approximate surface area is 201 Å². The molecule has 184 valence electrons. The number of ether oxygens (including phenoxy) is 2. The van der Waals surface area contributed by atoms with E-state index < -0.39 is 27.7 Å². The molecule has 0 bridgehead atoms. The van der Waals surface area contributed by atoms with Gasteiger partial charge < -0.3 is 19.2 Å². The Hall–Kier alpha value is -3.02. The maximum absolute atomic E-state index is 13.1. The number of benzene rings is 2. The molecule has 0 aliphatic heterocycles. The van der Waals surface area contributed by atoms with Gasteiger partial charge in [0.2, 0.25) is 15.9 Å². The summed E-state index contributed by atoms with van der Waals surface area (Å²) in [5.74, 6) is -0.551. The first-order valence-electron chi connectivity index (χ1n) is 10.3. The molecule has 34 heavy (non-hydrogen) atoms. The molecular weight excluding hydrogens is 486 g/mol. The van der Waals surface area contributed by atoms with Gasteiger partial charge in [-0.05, 0) is 30.5 Å². The van der Waals surface area contributed by atoms with E-state index in [4.69, 9.17) is 25.5 Å². The number of fused-ring (bicyclic) bond motifs is 1. The van der Waals surface area contributed by atoms with E-state index in [9.17, 15) is 18.0 Å². The molecule has 0 radical (unpaired) electrons. The SMILES string of the molecule is COc1cc(OC)c(NC(=O)[C@@H](CC(C)C)NS(=O)(=O)c2ccc3c(c2)oc(=O)n3C)cc1Cl. The zero-order valence-corrected chi connectivity index (χ0v) is 20.9. The lowest BCUT2D eigenvalue weighted by molar-refractivity contribution is -0.118. The second-order valence-corrected chi connectivity index (χ2v) is 10.2. The third kappa shape index (κ3) is 5.37. The summed E-state index contributed by atoms with van der Waals surface area (Å²) in [5.41, 5.74) is 0.834. The summed E-state index contributed by atoms with van der Waals surface area (Å²) < 4.78 is 45.5. The van der Waals surface area contributed by atoms with Crippen LogP contribution in [0, 0.1) is 5.92 Å². The first kappa shape index (κ1) is 25.6. The average Bonchev–Trinajstić information content (AvgIpc) is 3.06. The first-order chi connectivity index (χ1) is 16.0. The van der Waals surface area contributed by atoms with Crippen LogP contribution in [0.4, 0.5) is 5.69 Å². The molecule has 10 nitrogen and oxygen atoms in total. The monoisotopic (exact) mass is 511 g/mol. The van der Waals surface area contributed by atoms with E-state index in [2.05, 4.69) is 10.0 Å². The predicted molar refractivity (Wildman–Crippen MR) is 128 cm³/mol. The second kappa shape index (κ2) is 10.1. The fourth-order valence-corrected chi connectivity index (χ4v) is 4.86. The minimum Gasteiger partial charge on any atom is -0.495 e. The highest BCUT2D eigenvalue weighted by Gasteiger charge is 2.28. The quantitative estimate of drug-likeness (QED) is 0.451. The number of hydrogen-bond donors (Lipinski definition) is 2. The van der Waals surface area contributed by atoms with Crippen LogP contribution < -0.4 is 25.3 Å². The molecule has 12 heteroatoms. The molecule has 1 heterocycles. The molecule has 3 rings (SSSR count). The Morgan fingerprint density at radius 3 is 2.44 bits per heavy atom. The number of aromatic nitrogens is 1. The van der Waals surface area contributed by atoms with Crippen LogP contribution in [0.15, 0.2) is 44.4 Å². The normalized spacial score (nSPS) is 12.7. The van der Waals surface area contributed by atoms with Gasteiger partial charge in [0.25, 0.3) is 0 Å². The zero-order chi connectivity index (χ0) is 25.2. The van der Waals surface area contributed by atoms with Gasteiger partial charge in [-0.2, -0.15) is 4.72 Å². The zero-order valence-electron chi connectivity index (χ0n) is 19.3. The van der Waals surface area contributed by atoms with Crippen molar-refractivity contribution in [2.24, 2.45) is 13.0 Å². The minimum absolute atomic E-state index is 0.00516. The van der Waals surface area contributed by atoms with E-state index in [0.29, 0.717) is 17.0 Å². The van der Waals surface area contributed by atoms with Gasteiger partial charge in [-0.25, -0.2) is 13.2 Å². The fourth-order valence-electron chi connectivity index (χ4n) is 3.39. The highest BCUT2D eigenvalue weighted by atomic mass is 35.5. The number of anilines is 1. The number of carbonyl (C=O) groups is 1.